The maximum atomic E-state index is 12.3. The van der Waals surface area contributed by atoms with E-state index in [1.165, 1.54) is 48.5 Å². The summed E-state index contributed by atoms with van der Waals surface area (Å²) in [4.78, 5) is 30.0. The van der Waals surface area contributed by atoms with Gasteiger partial charge in [0.2, 0.25) is 0 Å². The van der Waals surface area contributed by atoms with Gasteiger partial charge in [-0.1, -0.05) is 59.8 Å². The van der Waals surface area contributed by atoms with Crippen LogP contribution in [0.2, 0.25) is 0 Å². The Bertz CT molecular complexity index is 1380. The van der Waals surface area contributed by atoms with Crippen LogP contribution in [0.25, 0.3) is 20.4 Å². The van der Waals surface area contributed by atoms with Crippen molar-refractivity contribution in [3.8, 4) is 0 Å². The number of rotatable bonds is 12. The van der Waals surface area contributed by atoms with Gasteiger partial charge >= 0.3 is 9.75 Å². The van der Waals surface area contributed by atoms with Gasteiger partial charge in [-0.15, -0.1) is 0 Å². The van der Waals surface area contributed by atoms with Crippen LogP contribution in [0, 0.1) is 0 Å². The first kappa shape index (κ1) is 25.4. The van der Waals surface area contributed by atoms with Gasteiger partial charge in [-0.25, -0.2) is 0 Å². The minimum atomic E-state index is 0.165. The third-order valence-electron chi connectivity index (χ3n) is 7.32. The fraction of sp³-hybridized carbons (Fsp3) is 0.500. The second-order valence-corrected chi connectivity index (χ2v) is 11.8. The van der Waals surface area contributed by atoms with Crippen LogP contribution in [0.15, 0.2) is 58.1 Å². The summed E-state index contributed by atoms with van der Waals surface area (Å²) in [6.07, 6.45) is 6.91. The molecule has 0 radical (unpaired) electrons. The zero-order chi connectivity index (χ0) is 24.7. The lowest BCUT2D eigenvalue weighted by Gasteiger charge is -2.34. The summed E-state index contributed by atoms with van der Waals surface area (Å²) >= 11 is 2.71. The zero-order valence-corrected chi connectivity index (χ0v) is 22.6. The largest absolute Gasteiger partial charge is 0.308 e. The molecule has 0 unspecified atom stereocenters. The van der Waals surface area contributed by atoms with Crippen molar-refractivity contribution in [2.45, 2.75) is 51.6 Å². The minimum Gasteiger partial charge on any atom is -0.301 e. The highest BCUT2D eigenvalue weighted by Crippen LogP contribution is 2.18. The van der Waals surface area contributed by atoms with Crippen molar-refractivity contribution in [1.82, 2.24) is 18.9 Å². The lowest BCUT2D eigenvalue weighted by atomic mass is 10.1. The van der Waals surface area contributed by atoms with E-state index in [0.717, 1.165) is 85.5 Å². The van der Waals surface area contributed by atoms with E-state index in [1.807, 2.05) is 45.5 Å². The Hall–Kier alpha value is -2.26. The fourth-order valence-electron chi connectivity index (χ4n) is 5.25. The SMILES string of the molecule is O=c1sc2ccccc2n1CCCCCCN1CCN(CCCCn2c(=O)sc3ccccc32)CC1. The van der Waals surface area contributed by atoms with Crippen LogP contribution in [0.3, 0.4) is 0 Å². The molecule has 0 amide bonds. The van der Waals surface area contributed by atoms with Gasteiger partial charge in [-0.2, -0.15) is 0 Å². The van der Waals surface area contributed by atoms with Crippen LogP contribution in [0.4, 0.5) is 0 Å². The Balaban J connectivity index is 0.932. The van der Waals surface area contributed by atoms with Gasteiger partial charge in [0.1, 0.15) is 0 Å². The van der Waals surface area contributed by atoms with E-state index in [1.54, 1.807) is 0 Å². The molecule has 0 N–H and O–H groups in total. The van der Waals surface area contributed by atoms with Gasteiger partial charge in [0.25, 0.3) is 0 Å². The molecular weight excluding hydrogens is 488 g/mol. The maximum Gasteiger partial charge on any atom is 0.308 e. The summed E-state index contributed by atoms with van der Waals surface area (Å²) < 4.78 is 6.07. The van der Waals surface area contributed by atoms with E-state index in [2.05, 4.69) is 21.9 Å². The van der Waals surface area contributed by atoms with Gasteiger partial charge in [-0.3, -0.25) is 18.7 Å². The quantitative estimate of drug-likeness (QED) is 0.242. The van der Waals surface area contributed by atoms with Crippen LogP contribution in [0.1, 0.15) is 38.5 Å². The zero-order valence-electron chi connectivity index (χ0n) is 20.9. The Morgan fingerprint density at radius 1 is 0.528 bits per heavy atom. The number of aromatic nitrogens is 2. The lowest BCUT2D eigenvalue weighted by molar-refractivity contribution is 0.129. The normalized spacial score (nSPS) is 15.3. The molecule has 1 aliphatic heterocycles. The van der Waals surface area contributed by atoms with Gasteiger partial charge in [0, 0.05) is 39.3 Å². The van der Waals surface area contributed by atoms with E-state index in [0.29, 0.717) is 0 Å². The molecule has 4 aromatic rings. The first-order valence-electron chi connectivity index (χ1n) is 13.3. The van der Waals surface area contributed by atoms with Crippen LogP contribution < -0.4 is 9.75 Å². The van der Waals surface area contributed by atoms with Gasteiger partial charge in [0.05, 0.1) is 20.4 Å². The summed E-state index contributed by atoms with van der Waals surface area (Å²) in [7, 11) is 0. The molecule has 192 valence electrons. The number of para-hydroxylation sites is 2. The third kappa shape index (κ3) is 6.17. The second kappa shape index (κ2) is 12.3. The highest BCUT2D eigenvalue weighted by Gasteiger charge is 2.16. The number of thiazole rings is 2. The molecule has 2 aromatic heterocycles. The van der Waals surface area contributed by atoms with Gasteiger partial charge in [0.15, 0.2) is 0 Å². The summed E-state index contributed by atoms with van der Waals surface area (Å²) in [6.45, 7) is 8.57. The molecule has 3 heterocycles. The summed E-state index contributed by atoms with van der Waals surface area (Å²) in [5, 5.41) is 0. The Morgan fingerprint density at radius 2 is 0.917 bits per heavy atom. The van der Waals surface area contributed by atoms with Crippen molar-refractivity contribution in [3.63, 3.8) is 0 Å². The highest BCUT2D eigenvalue weighted by molar-refractivity contribution is 7.16. The molecule has 0 bridgehead atoms. The van der Waals surface area contributed by atoms with Gasteiger partial charge < -0.3 is 9.80 Å². The fourth-order valence-corrected chi connectivity index (χ4v) is 7.09. The topological polar surface area (TPSA) is 50.5 Å². The van der Waals surface area contributed by atoms with Crippen molar-refractivity contribution >= 4 is 43.1 Å². The molecule has 2 aromatic carbocycles. The predicted octanol–water partition coefficient (Wildman–Crippen LogP) is 5.10. The summed E-state index contributed by atoms with van der Waals surface area (Å²) in [5.41, 5.74) is 2.16. The molecule has 0 saturated carbocycles. The maximum absolute atomic E-state index is 12.3. The molecule has 0 atom stereocenters. The minimum absolute atomic E-state index is 0.165. The number of piperazine rings is 1. The van der Waals surface area contributed by atoms with Gasteiger partial charge in [-0.05, 0) is 63.0 Å². The van der Waals surface area contributed by atoms with Crippen molar-refractivity contribution in [3.05, 3.63) is 67.9 Å². The average Bonchev–Trinajstić information content (AvgIpc) is 3.39. The van der Waals surface area contributed by atoms with E-state index in [9.17, 15) is 9.59 Å². The Kier molecular flexibility index (Phi) is 8.69. The van der Waals surface area contributed by atoms with Crippen LogP contribution in [0.5, 0.6) is 0 Å². The summed E-state index contributed by atoms with van der Waals surface area (Å²) in [5.74, 6) is 0. The third-order valence-corrected chi connectivity index (χ3v) is 9.24. The van der Waals surface area contributed by atoms with Crippen LogP contribution >= 0.6 is 22.7 Å². The van der Waals surface area contributed by atoms with Crippen molar-refractivity contribution in [2.24, 2.45) is 0 Å². The molecule has 5 rings (SSSR count). The number of aryl methyl sites for hydroxylation is 2. The molecule has 0 aliphatic carbocycles. The first-order valence-corrected chi connectivity index (χ1v) is 14.9. The van der Waals surface area contributed by atoms with E-state index in [4.69, 9.17) is 0 Å². The lowest BCUT2D eigenvalue weighted by Crippen LogP contribution is -2.46. The number of hydrogen-bond acceptors (Lipinski definition) is 6. The van der Waals surface area contributed by atoms with Crippen LogP contribution in [-0.2, 0) is 13.1 Å². The second-order valence-electron chi connectivity index (χ2n) is 9.78. The first-order chi connectivity index (χ1) is 17.7. The Morgan fingerprint density at radius 3 is 1.42 bits per heavy atom. The molecule has 1 saturated heterocycles. The van der Waals surface area contributed by atoms with Crippen molar-refractivity contribution in [1.29, 1.82) is 0 Å². The highest BCUT2D eigenvalue weighted by atomic mass is 32.1. The van der Waals surface area contributed by atoms with Crippen molar-refractivity contribution in [2.75, 3.05) is 39.3 Å². The molecule has 0 spiro atoms. The monoisotopic (exact) mass is 524 g/mol. The number of nitrogens with zero attached hydrogens (tertiary/aromatic N) is 4. The average molecular weight is 525 g/mol. The predicted molar refractivity (Wildman–Crippen MR) is 153 cm³/mol. The number of unbranched alkanes of at least 4 members (excludes halogenated alkanes) is 4. The number of hydrogen-bond donors (Lipinski definition) is 0. The summed E-state index contributed by atoms with van der Waals surface area (Å²) in [6, 6.07) is 16.2. The molecule has 1 fully saturated rings. The van der Waals surface area contributed by atoms with E-state index in [-0.39, 0.29) is 9.75 Å². The molecule has 1 aliphatic rings. The van der Waals surface area contributed by atoms with E-state index < -0.39 is 0 Å². The Labute approximate surface area is 220 Å². The molecular formula is C28H36N4O2S2. The number of fused-ring (bicyclic) bond motifs is 2. The molecule has 36 heavy (non-hydrogen) atoms. The standard InChI is InChI=1S/C28H36N4O2S2/c33-27-31(23-11-3-5-13-25(23)35-27)17-8-2-1-7-15-29-19-21-30(22-20-29)16-9-10-18-32-24-12-4-6-14-26(24)36-28(32)34/h3-6,11-14H,1-2,7-10,15-22H2. The smallest absolute Gasteiger partial charge is 0.301 e. The van der Waals surface area contributed by atoms with Crippen LogP contribution in [-0.4, -0.2) is 58.2 Å². The van der Waals surface area contributed by atoms with Crippen molar-refractivity contribution < 1.29 is 0 Å². The molecule has 8 heteroatoms. The molecule has 6 nitrogen and oxygen atoms in total. The van der Waals surface area contributed by atoms with E-state index >= 15 is 0 Å². The number of benzene rings is 2.